The number of nitrogens with zero attached hydrogens (tertiary/aromatic N) is 1. The summed E-state index contributed by atoms with van der Waals surface area (Å²) in [7, 11) is 4.15. The fraction of sp³-hybridized carbons (Fsp3) is 0.333. The summed E-state index contributed by atoms with van der Waals surface area (Å²) < 4.78 is 0. The van der Waals surface area contributed by atoms with Crippen LogP contribution in [0.5, 0.6) is 0 Å². The van der Waals surface area contributed by atoms with Crippen molar-refractivity contribution < 1.29 is 1.43 Å². The Morgan fingerprint density at radius 3 is 2.30 bits per heavy atom. The molecule has 0 aliphatic rings. The second-order valence-corrected chi connectivity index (χ2v) is 2.72. The van der Waals surface area contributed by atoms with Gasteiger partial charge in [-0.3, -0.25) is 0 Å². The first-order chi connectivity index (χ1) is 4.79. The van der Waals surface area contributed by atoms with Crippen LogP contribution in [0.15, 0.2) is 30.3 Å². The molecule has 55 valence electrons. The number of benzene rings is 1. The van der Waals surface area contributed by atoms with Crippen LogP contribution in [0.3, 0.4) is 0 Å². The van der Waals surface area contributed by atoms with E-state index >= 15 is 0 Å². The Labute approximate surface area is 63.8 Å². The minimum Gasteiger partial charge on any atom is -0.305 e. The number of rotatable bonds is 2. The van der Waals surface area contributed by atoms with Crippen molar-refractivity contribution in [3.63, 3.8) is 0 Å². The van der Waals surface area contributed by atoms with Crippen molar-refractivity contribution >= 4 is 0 Å². The summed E-state index contributed by atoms with van der Waals surface area (Å²) in [4.78, 5) is 2.16. The lowest BCUT2D eigenvalue weighted by molar-refractivity contribution is 0.402. The Balaban J connectivity index is 0.000001000. The molecule has 10 heavy (non-hydrogen) atoms. The van der Waals surface area contributed by atoms with Crippen LogP contribution in [0.4, 0.5) is 0 Å². The van der Waals surface area contributed by atoms with E-state index in [1.165, 1.54) is 5.56 Å². The molecule has 1 nitrogen and oxygen atoms in total. The van der Waals surface area contributed by atoms with Gasteiger partial charge in [-0.25, -0.2) is 0 Å². The van der Waals surface area contributed by atoms with Gasteiger partial charge >= 0.3 is 0 Å². The van der Waals surface area contributed by atoms with Gasteiger partial charge in [-0.2, -0.15) is 0 Å². The number of hydrogen-bond donors (Lipinski definition) is 0. The highest BCUT2D eigenvalue weighted by molar-refractivity contribution is 5.14. The minimum atomic E-state index is 0. The van der Waals surface area contributed by atoms with Gasteiger partial charge in [0.25, 0.3) is 0 Å². The van der Waals surface area contributed by atoms with Gasteiger partial charge in [0.15, 0.2) is 0 Å². The molecule has 1 radical (unpaired) electrons. The molecule has 0 aliphatic heterocycles. The van der Waals surface area contributed by atoms with Gasteiger partial charge in [0.1, 0.15) is 0 Å². The largest absolute Gasteiger partial charge is 0.305 e. The van der Waals surface area contributed by atoms with Gasteiger partial charge < -0.3 is 4.90 Å². The fourth-order valence-corrected chi connectivity index (χ4v) is 0.949. The molecule has 0 aromatic heterocycles. The van der Waals surface area contributed by atoms with Crippen molar-refractivity contribution in [2.24, 2.45) is 0 Å². The molecular weight excluding hydrogens is 122 g/mol. The summed E-state index contributed by atoms with van der Waals surface area (Å²) in [6.45, 7) is 1.03. The molecular formula is C9H14N. The minimum absolute atomic E-state index is 0. The molecule has 0 unspecified atom stereocenters. The molecule has 0 atom stereocenters. The van der Waals surface area contributed by atoms with Crippen molar-refractivity contribution in [3.05, 3.63) is 35.9 Å². The van der Waals surface area contributed by atoms with Crippen LogP contribution < -0.4 is 0 Å². The summed E-state index contributed by atoms with van der Waals surface area (Å²) in [6, 6.07) is 10.5. The van der Waals surface area contributed by atoms with E-state index in [4.69, 9.17) is 0 Å². The summed E-state index contributed by atoms with van der Waals surface area (Å²) in [5, 5.41) is 0. The lowest BCUT2D eigenvalue weighted by Crippen LogP contribution is -2.10. The average molecular weight is 136 g/mol. The van der Waals surface area contributed by atoms with Crippen LogP contribution in [0.25, 0.3) is 0 Å². The van der Waals surface area contributed by atoms with Crippen LogP contribution >= 0.6 is 0 Å². The van der Waals surface area contributed by atoms with Gasteiger partial charge in [0.05, 0.1) is 0 Å². The van der Waals surface area contributed by atoms with E-state index in [-0.39, 0.29) is 1.43 Å². The monoisotopic (exact) mass is 136 g/mol. The van der Waals surface area contributed by atoms with Gasteiger partial charge in [-0.15, -0.1) is 0 Å². The second-order valence-electron chi connectivity index (χ2n) is 2.72. The predicted molar refractivity (Wildman–Crippen MR) is 44.9 cm³/mol. The molecule has 1 heteroatoms. The van der Waals surface area contributed by atoms with E-state index in [2.05, 4.69) is 43.3 Å². The van der Waals surface area contributed by atoms with Gasteiger partial charge in [0, 0.05) is 7.97 Å². The zero-order valence-corrected chi connectivity index (χ0v) is 6.54. The van der Waals surface area contributed by atoms with Crippen LogP contribution in [-0.4, -0.2) is 19.0 Å². The first-order valence-corrected chi connectivity index (χ1v) is 3.47. The number of hydrogen-bond acceptors (Lipinski definition) is 1. The molecule has 0 bridgehead atoms. The van der Waals surface area contributed by atoms with Crippen molar-refractivity contribution in [1.29, 1.82) is 0 Å². The van der Waals surface area contributed by atoms with E-state index in [1.807, 2.05) is 6.07 Å². The third kappa shape index (κ3) is 2.19. The van der Waals surface area contributed by atoms with Crippen LogP contribution in [-0.2, 0) is 6.54 Å². The van der Waals surface area contributed by atoms with Crippen LogP contribution in [0, 0.1) is 0 Å². The molecule has 0 aliphatic carbocycles. The third-order valence-corrected chi connectivity index (χ3v) is 1.34. The van der Waals surface area contributed by atoms with Gasteiger partial charge in [0.2, 0.25) is 0 Å². The Morgan fingerprint density at radius 2 is 1.80 bits per heavy atom. The Kier molecular flexibility index (Phi) is 2.46. The fourth-order valence-electron chi connectivity index (χ4n) is 0.949. The van der Waals surface area contributed by atoms with Crippen molar-refractivity contribution in [2.75, 3.05) is 14.1 Å². The molecule has 0 fully saturated rings. The first kappa shape index (κ1) is 7.29. The summed E-state index contributed by atoms with van der Waals surface area (Å²) in [5.41, 5.74) is 1.37. The molecule has 1 rings (SSSR count). The molecule has 0 amide bonds. The van der Waals surface area contributed by atoms with Crippen molar-refractivity contribution in [1.82, 2.24) is 4.90 Å². The summed E-state index contributed by atoms with van der Waals surface area (Å²) in [6.07, 6.45) is 0. The zero-order valence-electron chi connectivity index (χ0n) is 7.54. The maximum atomic E-state index is 2.16. The van der Waals surface area contributed by atoms with E-state index in [1.54, 1.807) is 0 Å². The first-order valence-electron chi connectivity index (χ1n) is 3.47. The molecule has 0 spiro atoms. The normalized spacial score (nSPS) is 10.3. The molecule has 0 heterocycles. The van der Waals surface area contributed by atoms with E-state index in [9.17, 15) is 0 Å². The second kappa shape index (κ2) is 3.37. The van der Waals surface area contributed by atoms with Crippen molar-refractivity contribution in [2.45, 2.75) is 6.54 Å². The van der Waals surface area contributed by atoms with Gasteiger partial charge in [-0.1, -0.05) is 30.3 Å². The zero-order chi connectivity index (χ0) is 7.40. The lowest BCUT2D eigenvalue weighted by Gasteiger charge is -2.08. The quantitative estimate of drug-likeness (QED) is 0.600. The standard InChI is InChI=1S/C9H13N.H/c1-10(2)8-9-6-4-3-5-7-9;/h3-7H,8H2,1-2H3;. The molecule has 0 saturated carbocycles. The van der Waals surface area contributed by atoms with Crippen molar-refractivity contribution in [3.8, 4) is 0 Å². The maximum absolute atomic E-state index is 2.16. The molecule has 1 aromatic carbocycles. The van der Waals surface area contributed by atoms with E-state index in [0.29, 0.717) is 0 Å². The Bertz CT molecular complexity index is 184. The Hall–Kier alpha value is -0.820. The summed E-state index contributed by atoms with van der Waals surface area (Å²) in [5.74, 6) is 0. The topological polar surface area (TPSA) is 3.24 Å². The third-order valence-electron chi connectivity index (χ3n) is 1.34. The predicted octanol–water partition coefficient (Wildman–Crippen LogP) is 1.86. The Morgan fingerprint density at radius 1 is 1.20 bits per heavy atom. The highest BCUT2D eigenvalue weighted by atomic mass is 15.0. The van der Waals surface area contributed by atoms with Crippen LogP contribution in [0.1, 0.15) is 6.99 Å². The summed E-state index contributed by atoms with van der Waals surface area (Å²) >= 11 is 0. The molecule has 0 N–H and O–H groups in total. The highest BCUT2D eigenvalue weighted by Gasteiger charge is 1.90. The maximum Gasteiger partial charge on any atom is 0.0227 e. The highest BCUT2D eigenvalue weighted by Crippen LogP contribution is 1.99. The molecule has 1 aromatic rings. The SMILES string of the molecule is CN(C)Cc1ccccc1.[H]. The molecule has 0 saturated heterocycles. The van der Waals surface area contributed by atoms with Crippen LogP contribution in [0.2, 0.25) is 0 Å². The smallest absolute Gasteiger partial charge is 0.0227 e. The van der Waals surface area contributed by atoms with Gasteiger partial charge in [-0.05, 0) is 19.7 Å². The lowest BCUT2D eigenvalue weighted by atomic mass is 10.2. The average Bonchev–Trinajstić information content (AvgIpc) is 1.88. The van der Waals surface area contributed by atoms with E-state index in [0.717, 1.165) is 6.54 Å². The van der Waals surface area contributed by atoms with E-state index < -0.39 is 0 Å².